The molecule has 1 aromatic carbocycles. The fourth-order valence-electron chi connectivity index (χ4n) is 2.45. The summed E-state index contributed by atoms with van der Waals surface area (Å²) in [6.07, 6.45) is 1.38. The Morgan fingerprint density at radius 2 is 2.00 bits per heavy atom. The zero-order valence-electron chi connectivity index (χ0n) is 13.3. The summed E-state index contributed by atoms with van der Waals surface area (Å²) in [5, 5.41) is 11.0. The van der Waals surface area contributed by atoms with Crippen LogP contribution in [0, 0.1) is 0 Å². The van der Waals surface area contributed by atoms with Crippen LogP contribution in [0.3, 0.4) is 0 Å². The van der Waals surface area contributed by atoms with Gasteiger partial charge in [0.15, 0.2) is 11.6 Å². The smallest absolute Gasteiger partial charge is 0.291 e. The van der Waals surface area contributed by atoms with Crippen LogP contribution in [0.25, 0.3) is 11.3 Å². The molecule has 3 aromatic rings. The molecule has 2 heterocycles. The molecule has 0 radical (unpaired) electrons. The molecule has 7 nitrogen and oxygen atoms in total. The average Bonchev–Trinajstić information content (AvgIpc) is 3.10. The highest BCUT2D eigenvalue weighted by Gasteiger charge is 2.22. The van der Waals surface area contributed by atoms with Gasteiger partial charge >= 0.3 is 0 Å². The van der Waals surface area contributed by atoms with E-state index in [1.54, 1.807) is 6.07 Å². The first-order valence-electron chi connectivity index (χ1n) is 7.50. The number of carbonyl (C=O) groups excluding carboxylic acids is 1. The Hall–Kier alpha value is -3.22. The third kappa shape index (κ3) is 2.83. The van der Waals surface area contributed by atoms with Crippen LogP contribution in [0.4, 0.5) is 11.5 Å². The number of carbonyl (C=O) groups is 1. The van der Waals surface area contributed by atoms with Crippen LogP contribution in [-0.2, 0) is 6.54 Å². The van der Waals surface area contributed by atoms with Crippen molar-refractivity contribution in [2.45, 2.75) is 20.4 Å². The van der Waals surface area contributed by atoms with Gasteiger partial charge < -0.3 is 9.84 Å². The van der Waals surface area contributed by atoms with Crippen LogP contribution >= 0.6 is 0 Å². The Morgan fingerprint density at radius 3 is 2.58 bits per heavy atom. The molecule has 0 saturated heterocycles. The quantitative estimate of drug-likeness (QED) is 0.726. The Bertz CT molecular complexity index is 915. The predicted octanol–water partition coefficient (Wildman–Crippen LogP) is 2.86. The average molecular weight is 324 g/mol. The number of anilines is 2. The van der Waals surface area contributed by atoms with Crippen molar-refractivity contribution in [3.8, 4) is 11.3 Å². The van der Waals surface area contributed by atoms with Crippen molar-refractivity contribution in [2.24, 2.45) is 0 Å². The van der Waals surface area contributed by atoms with E-state index in [0.29, 0.717) is 18.1 Å². The first kappa shape index (κ1) is 15.7. The highest BCUT2D eigenvalue weighted by Crippen LogP contribution is 2.27. The summed E-state index contributed by atoms with van der Waals surface area (Å²) in [6.45, 7) is 3.61. The molecule has 0 spiro atoms. The van der Waals surface area contributed by atoms with Crippen molar-refractivity contribution in [1.82, 2.24) is 14.9 Å². The summed E-state index contributed by atoms with van der Waals surface area (Å²) in [7, 11) is 0. The molecule has 0 aliphatic heterocycles. The van der Waals surface area contributed by atoms with Gasteiger partial charge in [-0.25, -0.2) is 4.68 Å². The largest absolute Gasteiger partial charge is 0.363 e. The van der Waals surface area contributed by atoms with E-state index >= 15 is 0 Å². The second-order valence-electron chi connectivity index (χ2n) is 5.15. The van der Waals surface area contributed by atoms with Crippen molar-refractivity contribution in [3.63, 3.8) is 0 Å². The fraction of sp³-hybridized carbons (Fsp3) is 0.176. The molecule has 7 heteroatoms. The SMILES string of the molecule is CCn1nc(-c2ccccc2)c(C(C)=O)c(Nc2ccon2)c1=O. The van der Waals surface area contributed by atoms with Crippen LogP contribution in [0.5, 0.6) is 0 Å². The molecule has 24 heavy (non-hydrogen) atoms. The maximum absolute atomic E-state index is 12.7. The Morgan fingerprint density at radius 1 is 1.25 bits per heavy atom. The molecule has 2 aromatic heterocycles. The minimum Gasteiger partial charge on any atom is -0.363 e. The molecule has 0 fully saturated rings. The van der Waals surface area contributed by atoms with E-state index < -0.39 is 0 Å². The zero-order valence-corrected chi connectivity index (χ0v) is 13.3. The van der Waals surface area contributed by atoms with Gasteiger partial charge in [0.1, 0.15) is 17.6 Å². The topological polar surface area (TPSA) is 90.0 Å². The van der Waals surface area contributed by atoms with E-state index in [1.165, 1.54) is 17.9 Å². The Labute approximate surface area is 137 Å². The highest BCUT2D eigenvalue weighted by atomic mass is 16.5. The standard InChI is InChI=1S/C17H16N4O3/c1-3-21-17(23)16(18-13-9-10-24-20-13)14(11(2)22)15(19-21)12-7-5-4-6-8-12/h4-10H,3H2,1-2H3,(H,18,20). The number of benzene rings is 1. The van der Waals surface area contributed by atoms with Gasteiger partial charge in [-0.2, -0.15) is 5.10 Å². The second-order valence-corrected chi connectivity index (χ2v) is 5.15. The minimum absolute atomic E-state index is 0.145. The number of hydrogen-bond donors (Lipinski definition) is 1. The Balaban J connectivity index is 2.29. The summed E-state index contributed by atoms with van der Waals surface area (Å²) in [5.74, 6) is 0.0927. The molecule has 0 saturated carbocycles. The van der Waals surface area contributed by atoms with E-state index in [1.807, 2.05) is 37.3 Å². The molecular formula is C17H16N4O3. The number of hydrogen-bond acceptors (Lipinski definition) is 6. The van der Waals surface area contributed by atoms with Gasteiger partial charge in [0.25, 0.3) is 5.56 Å². The zero-order chi connectivity index (χ0) is 17.1. The normalized spacial score (nSPS) is 10.6. The molecule has 0 atom stereocenters. The number of ketones is 1. The predicted molar refractivity (Wildman–Crippen MR) is 89.4 cm³/mol. The van der Waals surface area contributed by atoms with Crippen LogP contribution < -0.4 is 10.9 Å². The summed E-state index contributed by atoms with van der Waals surface area (Å²) in [4.78, 5) is 24.9. The number of nitrogens with zero attached hydrogens (tertiary/aromatic N) is 3. The number of nitrogens with one attached hydrogen (secondary N) is 1. The van der Waals surface area contributed by atoms with Gasteiger partial charge in [-0.3, -0.25) is 9.59 Å². The van der Waals surface area contributed by atoms with Crippen molar-refractivity contribution in [1.29, 1.82) is 0 Å². The Kier molecular flexibility index (Phi) is 4.24. The van der Waals surface area contributed by atoms with Crippen LogP contribution in [0.2, 0.25) is 0 Å². The van der Waals surface area contributed by atoms with Gasteiger partial charge in [0, 0.05) is 18.2 Å². The van der Waals surface area contributed by atoms with Crippen molar-refractivity contribution < 1.29 is 9.32 Å². The second kappa shape index (κ2) is 6.49. The lowest BCUT2D eigenvalue weighted by Gasteiger charge is -2.14. The first-order chi connectivity index (χ1) is 11.6. The van der Waals surface area contributed by atoms with Crippen LogP contribution in [-0.4, -0.2) is 20.7 Å². The fourth-order valence-corrected chi connectivity index (χ4v) is 2.45. The van der Waals surface area contributed by atoms with Crippen LogP contribution in [0.1, 0.15) is 24.2 Å². The summed E-state index contributed by atoms with van der Waals surface area (Å²) in [6, 6.07) is 10.8. The van der Waals surface area contributed by atoms with Crippen molar-refractivity contribution in [2.75, 3.05) is 5.32 Å². The molecule has 0 aliphatic rings. The number of Topliss-reactive ketones (excluding diaryl/α,β-unsaturated/α-hetero) is 1. The summed E-state index contributed by atoms with van der Waals surface area (Å²) >= 11 is 0. The molecule has 0 amide bonds. The van der Waals surface area contributed by atoms with Gasteiger partial charge in [0.05, 0.1) is 5.56 Å². The third-order valence-electron chi connectivity index (χ3n) is 3.55. The minimum atomic E-state index is -0.384. The van der Waals surface area contributed by atoms with E-state index in [2.05, 4.69) is 15.6 Å². The monoisotopic (exact) mass is 324 g/mol. The molecule has 0 aliphatic carbocycles. The first-order valence-corrected chi connectivity index (χ1v) is 7.50. The molecule has 3 rings (SSSR count). The van der Waals surface area contributed by atoms with E-state index in [4.69, 9.17) is 4.52 Å². The van der Waals surface area contributed by atoms with Crippen LogP contribution in [0.15, 0.2) is 52.0 Å². The summed E-state index contributed by atoms with van der Waals surface area (Å²) < 4.78 is 6.09. The van der Waals surface area contributed by atoms with Gasteiger partial charge in [0.2, 0.25) is 0 Å². The van der Waals surface area contributed by atoms with Crippen molar-refractivity contribution in [3.05, 3.63) is 58.6 Å². The molecule has 0 unspecified atom stereocenters. The van der Waals surface area contributed by atoms with Crippen molar-refractivity contribution >= 4 is 17.3 Å². The van der Waals surface area contributed by atoms with Gasteiger partial charge in [-0.15, -0.1) is 0 Å². The number of rotatable bonds is 5. The third-order valence-corrected chi connectivity index (χ3v) is 3.55. The molecule has 0 bridgehead atoms. The number of aromatic nitrogens is 3. The maximum atomic E-state index is 12.7. The van der Waals surface area contributed by atoms with E-state index in [9.17, 15) is 9.59 Å². The van der Waals surface area contributed by atoms with Gasteiger partial charge in [-0.1, -0.05) is 35.5 Å². The molecule has 1 N–H and O–H groups in total. The van der Waals surface area contributed by atoms with E-state index in [-0.39, 0.29) is 22.6 Å². The molecule has 122 valence electrons. The van der Waals surface area contributed by atoms with Gasteiger partial charge in [-0.05, 0) is 13.8 Å². The summed E-state index contributed by atoms with van der Waals surface area (Å²) in [5.41, 5.74) is 1.21. The lowest BCUT2D eigenvalue weighted by atomic mass is 10.0. The number of aryl methyl sites for hydroxylation is 1. The lowest BCUT2D eigenvalue weighted by molar-refractivity contribution is 0.101. The lowest BCUT2D eigenvalue weighted by Crippen LogP contribution is -2.28. The highest BCUT2D eigenvalue weighted by molar-refractivity contribution is 6.05. The maximum Gasteiger partial charge on any atom is 0.291 e. The van der Waals surface area contributed by atoms with E-state index in [0.717, 1.165) is 5.56 Å². The molecular weight excluding hydrogens is 308 g/mol.